The van der Waals surface area contributed by atoms with Gasteiger partial charge in [-0.1, -0.05) is 19.1 Å². The number of nitrogens with zero attached hydrogens (tertiary/aromatic N) is 1. The molecule has 0 aromatic heterocycles. The first kappa shape index (κ1) is 18.0. The molecule has 2 aromatic carbocycles. The van der Waals surface area contributed by atoms with Crippen molar-refractivity contribution in [1.29, 1.82) is 0 Å². The van der Waals surface area contributed by atoms with Gasteiger partial charge in [-0.05, 0) is 55.3 Å². The fraction of sp³-hybridized carbons (Fsp3) is 0.333. The number of aryl methyl sites for hydroxylation is 1. The summed E-state index contributed by atoms with van der Waals surface area (Å²) in [6, 6.07) is 15.2. The van der Waals surface area contributed by atoms with E-state index in [2.05, 4.69) is 12.2 Å². The van der Waals surface area contributed by atoms with Gasteiger partial charge in [-0.15, -0.1) is 0 Å². The van der Waals surface area contributed by atoms with Gasteiger partial charge in [0, 0.05) is 24.3 Å². The number of anilines is 2. The molecule has 26 heavy (non-hydrogen) atoms. The average molecular weight is 352 g/mol. The zero-order valence-corrected chi connectivity index (χ0v) is 15.2. The number of rotatable bonds is 6. The van der Waals surface area contributed by atoms with E-state index < -0.39 is 0 Å². The second kappa shape index (κ2) is 8.04. The minimum atomic E-state index is -0.347. The van der Waals surface area contributed by atoms with Crippen molar-refractivity contribution in [2.24, 2.45) is 5.92 Å². The van der Waals surface area contributed by atoms with E-state index in [1.165, 1.54) is 5.56 Å². The van der Waals surface area contributed by atoms with Gasteiger partial charge in [0.1, 0.15) is 5.75 Å². The van der Waals surface area contributed by atoms with Crippen molar-refractivity contribution in [3.8, 4) is 5.75 Å². The summed E-state index contributed by atoms with van der Waals surface area (Å²) < 4.78 is 5.40. The SMILES string of the molecule is CCOc1ccc(NC(=O)[C@H]2CC(=O)N(c3ccc(CC)cc3)C2)cc1. The number of hydrogen-bond acceptors (Lipinski definition) is 3. The van der Waals surface area contributed by atoms with Crippen molar-refractivity contribution in [3.05, 3.63) is 54.1 Å². The number of benzene rings is 2. The Bertz CT molecular complexity index is 769. The molecule has 136 valence electrons. The number of nitrogens with one attached hydrogen (secondary N) is 1. The number of hydrogen-bond donors (Lipinski definition) is 1. The van der Waals surface area contributed by atoms with Gasteiger partial charge in [-0.3, -0.25) is 9.59 Å². The van der Waals surface area contributed by atoms with Crippen LogP contribution in [0.3, 0.4) is 0 Å². The second-order valence-electron chi connectivity index (χ2n) is 6.37. The molecule has 1 aliphatic heterocycles. The summed E-state index contributed by atoms with van der Waals surface area (Å²) in [5.74, 6) is 0.277. The highest BCUT2D eigenvalue weighted by atomic mass is 16.5. The Morgan fingerprint density at radius 3 is 2.42 bits per heavy atom. The summed E-state index contributed by atoms with van der Waals surface area (Å²) in [6.45, 7) is 5.03. The first-order chi connectivity index (χ1) is 12.6. The molecule has 3 rings (SSSR count). The maximum Gasteiger partial charge on any atom is 0.229 e. The van der Waals surface area contributed by atoms with E-state index in [9.17, 15) is 9.59 Å². The summed E-state index contributed by atoms with van der Waals surface area (Å²) in [7, 11) is 0. The molecule has 1 heterocycles. The van der Waals surface area contributed by atoms with E-state index in [0.29, 0.717) is 18.8 Å². The molecule has 2 aromatic rings. The third-order valence-electron chi connectivity index (χ3n) is 4.58. The van der Waals surface area contributed by atoms with Gasteiger partial charge in [0.15, 0.2) is 0 Å². The molecule has 1 fully saturated rings. The van der Waals surface area contributed by atoms with Crippen LogP contribution in [0.25, 0.3) is 0 Å². The van der Waals surface area contributed by atoms with Gasteiger partial charge in [0.25, 0.3) is 0 Å². The van der Waals surface area contributed by atoms with Gasteiger partial charge >= 0.3 is 0 Å². The van der Waals surface area contributed by atoms with Crippen LogP contribution in [0, 0.1) is 5.92 Å². The molecule has 0 radical (unpaired) electrons. The van der Waals surface area contributed by atoms with Crippen LogP contribution in [0.15, 0.2) is 48.5 Å². The Morgan fingerprint density at radius 2 is 1.81 bits per heavy atom. The topological polar surface area (TPSA) is 58.6 Å². The summed E-state index contributed by atoms with van der Waals surface area (Å²) in [4.78, 5) is 26.6. The second-order valence-corrected chi connectivity index (χ2v) is 6.37. The summed E-state index contributed by atoms with van der Waals surface area (Å²) in [5, 5.41) is 2.89. The minimum absolute atomic E-state index is 0.0129. The van der Waals surface area contributed by atoms with Crippen LogP contribution in [0.5, 0.6) is 5.75 Å². The van der Waals surface area contributed by atoms with Gasteiger partial charge in [0.2, 0.25) is 11.8 Å². The maximum atomic E-state index is 12.5. The zero-order valence-electron chi connectivity index (χ0n) is 15.2. The normalized spacial score (nSPS) is 16.6. The van der Waals surface area contributed by atoms with Crippen molar-refractivity contribution in [1.82, 2.24) is 0 Å². The van der Waals surface area contributed by atoms with E-state index in [4.69, 9.17) is 4.74 Å². The predicted molar refractivity (Wildman–Crippen MR) is 103 cm³/mol. The Balaban J connectivity index is 1.62. The number of ether oxygens (including phenoxy) is 1. The quantitative estimate of drug-likeness (QED) is 0.863. The largest absolute Gasteiger partial charge is 0.494 e. The van der Waals surface area contributed by atoms with Crippen molar-refractivity contribution in [2.75, 3.05) is 23.4 Å². The highest BCUT2D eigenvalue weighted by Crippen LogP contribution is 2.26. The van der Waals surface area contributed by atoms with E-state index in [1.54, 1.807) is 17.0 Å². The molecule has 0 bridgehead atoms. The third kappa shape index (κ3) is 4.04. The van der Waals surface area contributed by atoms with Gasteiger partial charge in [0.05, 0.1) is 12.5 Å². The Kier molecular flexibility index (Phi) is 5.56. The molecular formula is C21H24N2O3. The van der Waals surface area contributed by atoms with Crippen LogP contribution in [-0.2, 0) is 16.0 Å². The third-order valence-corrected chi connectivity index (χ3v) is 4.58. The molecular weight excluding hydrogens is 328 g/mol. The van der Waals surface area contributed by atoms with Crippen molar-refractivity contribution < 1.29 is 14.3 Å². The highest BCUT2D eigenvalue weighted by molar-refractivity contribution is 6.03. The van der Waals surface area contributed by atoms with Crippen LogP contribution in [0.1, 0.15) is 25.8 Å². The Labute approximate surface area is 154 Å². The number of carbonyl (C=O) groups excluding carboxylic acids is 2. The summed E-state index contributed by atoms with van der Waals surface area (Å²) in [6.07, 6.45) is 1.19. The molecule has 1 saturated heterocycles. The van der Waals surface area contributed by atoms with Crippen LogP contribution in [0.2, 0.25) is 0 Å². The standard InChI is InChI=1S/C21H24N2O3/c1-3-15-5-9-18(10-6-15)23-14-16(13-20(23)24)21(25)22-17-7-11-19(12-8-17)26-4-2/h5-12,16H,3-4,13-14H2,1-2H3,(H,22,25)/t16-/m0/s1. The average Bonchev–Trinajstić information content (AvgIpc) is 3.05. The van der Waals surface area contributed by atoms with E-state index in [0.717, 1.165) is 17.9 Å². The highest BCUT2D eigenvalue weighted by Gasteiger charge is 2.35. The molecule has 1 N–H and O–H groups in total. The molecule has 0 unspecified atom stereocenters. The van der Waals surface area contributed by atoms with Crippen LogP contribution in [0.4, 0.5) is 11.4 Å². The molecule has 1 atom stereocenters. The monoisotopic (exact) mass is 352 g/mol. The molecule has 0 aliphatic carbocycles. The lowest BCUT2D eigenvalue weighted by molar-refractivity contribution is -0.122. The first-order valence-electron chi connectivity index (χ1n) is 9.03. The zero-order chi connectivity index (χ0) is 18.5. The van der Waals surface area contributed by atoms with Crippen LogP contribution < -0.4 is 15.0 Å². The summed E-state index contributed by atoms with van der Waals surface area (Å²) >= 11 is 0. The number of amides is 2. The Morgan fingerprint density at radius 1 is 1.12 bits per heavy atom. The lowest BCUT2D eigenvalue weighted by atomic mass is 10.1. The molecule has 1 aliphatic rings. The number of carbonyl (C=O) groups is 2. The fourth-order valence-corrected chi connectivity index (χ4v) is 3.09. The molecule has 2 amide bonds. The van der Waals surface area contributed by atoms with Crippen molar-refractivity contribution in [3.63, 3.8) is 0 Å². The maximum absolute atomic E-state index is 12.5. The molecule has 5 nitrogen and oxygen atoms in total. The Hall–Kier alpha value is -2.82. The minimum Gasteiger partial charge on any atom is -0.494 e. The summed E-state index contributed by atoms with van der Waals surface area (Å²) in [5.41, 5.74) is 2.78. The predicted octanol–water partition coefficient (Wildman–Crippen LogP) is 3.64. The fourth-order valence-electron chi connectivity index (χ4n) is 3.09. The van der Waals surface area contributed by atoms with Crippen molar-refractivity contribution >= 4 is 23.2 Å². The van der Waals surface area contributed by atoms with E-state index >= 15 is 0 Å². The van der Waals surface area contributed by atoms with E-state index in [1.807, 2.05) is 43.3 Å². The molecule has 5 heteroatoms. The molecule has 0 spiro atoms. The van der Waals surface area contributed by atoms with Gasteiger partial charge in [-0.2, -0.15) is 0 Å². The lowest BCUT2D eigenvalue weighted by Crippen LogP contribution is -2.28. The van der Waals surface area contributed by atoms with Crippen LogP contribution in [-0.4, -0.2) is 25.0 Å². The smallest absolute Gasteiger partial charge is 0.229 e. The van der Waals surface area contributed by atoms with Crippen LogP contribution >= 0.6 is 0 Å². The molecule has 0 saturated carbocycles. The van der Waals surface area contributed by atoms with Crippen molar-refractivity contribution in [2.45, 2.75) is 26.7 Å². The van der Waals surface area contributed by atoms with Gasteiger partial charge in [-0.25, -0.2) is 0 Å². The van der Waals surface area contributed by atoms with E-state index in [-0.39, 0.29) is 24.2 Å². The first-order valence-corrected chi connectivity index (χ1v) is 9.03. The lowest BCUT2D eigenvalue weighted by Gasteiger charge is -2.17. The van der Waals surface area contributed by atoms with Gasteiger partial charge < -0.3 is 15.0 Å².